The van der Waals surface area contributed by atoms with E-state index in [-0.39, 0.29) is 11.2 Å². The average molecular weight is 648 g/mol. The maximum Gasteiger partial charge on any atom is 0.149 e. The van der Waals surface area contributed by atoms with Gasteiger partial charge in [0.1, 0.15) is 22.7 Å². The van der Waals surface area contributed by atoms with Gasteiger partial charge >= 0.3 is 0 Å². The van der Waals surface area contributed by atoms with Crippen LogP contribution < -0.4 is 0 Å². The number of fused-ring (bicyclic) bond motifs is 4. The number of para-hydroxylation sites is 4. The van der Waals surface area contributed by atoms with Crippen LogP contribution >= 0.6 is 0 Å². The molecule has 240 valence electrons. The van der Waals surface area contributed by atoms with Crippen LogP contribution in [0.1, 0.15) is 25.0 Å². The summed E-state index contributed by atoms with van der Waals surface area (Å²) in [6, 6.07) is 51.4. The van der Waals surface area contributed by atoms with Crippen LogP contribution in [0.3, 0.4) is 0 Å². The number of phenols is 1. The topological polar surface area (TPSA) is 64.1 Å². The van der Waals surface area contributed by atoms with E-state index < -0.39 is 0 Å². The molecule has 9 rings (SSSR count). The van der Waals surface area contributed by atoms with Gasteiger partial charge in [0.05, 0.1) is 22.3 Å². The van der Waals surface area contributed by atoms with E-state index in [2.05, 4.69) is 109 Å². The number of rotatable bonds is 6. The summed E-state index contributed by atoms with van der Waals surface area (Å²) in [7, 11) is 0. The van der Waals surface area contributed by atoms with Crippen molar-refractivity contribution in [1.82, 2.24) is 14.5 Å². The van der Waals surface area contributed by atoms with Crippen molar-refractivity contribution in [3.8, 4) is 45.2 Å². The molecule has 0 fully saturated rings. The number of aromatic hydroxyl groups is 1. The minimum Gasteiger partial charge on any atom is -0.507 e. The van der Waals surface area contributed by atoms with E-state index in [1.54, 1.807) is 6.07 Å². The van der Waals surface area contributed by atoms with Gasteiger partial charge in [0, 0.05) is 45.3 Å². The van der Waals surface area contributed by atoms with Crippen molar-refractivity contribution in [3.05, 3.63) is 169 Å². The summed E-state index contributed by atoms with van der Waals surface area (Å²) in [6.45, 7) is 4.53. The van der Waals surface area contributed by atoms with Gasteiger partial charge < -0.3 is 9.52 Å². The van der Waals surface area contributed by atoms with Crippen LogP contribution in [0.15, 0.2) is 162 Å². The molecule has 5 nitrogen and oxygen atoms in total. The molecule has 0 amide bonds. The molecule has 0 aliphatic carbocycles. The highest BCUT2D eigenvalue weighted by Crippen LogP contribution is 2.41. The molecule has 0 aliphatic heterocycles. The van der Waals surface area contributed by atoms with Crippen molar-refractivity contribution in [2.24, 2.45) is 0 Å². The number of aromatic nitrogens is 3. The molecule has 50 heavy (non-hydrogen) atoms. The Morgan fingerprint density at radius 1 is 0.600 bits per heavy atom. The van der Waals surface area contributed by atoms with E-state index in [0.29, 0.717) is 11.4 Å². The largest absolute Gasteiger partial charge is 0.507 e. The van der Waals surface area contributed by atoms with Crippen molar-refractivity contribution < 1.29 is 9.52 Å². The van der Waals surface area contributed by atoms with Crippen LogP contribution in [-0.2, 0) is 5.41 Å². The number of hydrogen-bond acceptors (Lipinski definition) is 4. The maximum absolute atomic E-state index is 11.0. The second-order valence-electron chi connectivity index (χ2n) is 13.3. The molecule has 0 saturated carbocycles. The zero-order valence-corrected chi connectivity index (χ0v) is 27.7. The predicted molar refractivity (Wildman–Crippen MR) is 203 cm³/mol. The number of benzene rings is 6. The van der Waals surface area contributed by atoms with Gasteiger partial charge in [0.15, 0.2) is 0 Å². The zero-order valence-electron chi connectivity index (χ0n) is 27.7. The van der Waals surface area contributed by atoms with Crippen LogP contribution in [0.25, 0.3) is 72.4 Å². The zero-order chi connectivity index (χ0) is 33.8. The van der Waals surface area contributed by atoms with Crippen LogP contribution in [0, 0.1) is 0 Å². The molecule has 0 aliphatic rings. The van der Waals surface area contributed by atoms with Crippen LogP contribution in [-0.4, -0.2) is 19.6 Å². The quantitative estimate of drug-likeness (QED) is 0.195. The van der Waals surface area contributed by atoms with Crippen molar-refractivity contribution >= 4 is 33.0 Å². The number of furan rings is 1. The molecule has 0 radical (unpaired) electrons. The Morgan fingerprint density at radius 3 is 2.12 bits per heavy atom. The molecule has 0 unspecified atom stereocenters. The maximum atomic E-state index is 11.0. The lowest BCUT2D eigenvalue weighted by molar-refractivity contribution is 0.477. The SMILES string of the molecule is CC(C)(c1ccccc1)c1cc(-c2cc3oc4ccccc4c3cn2)cc(-c2cccc3c2nc(-c2ccccc2O)n3-c2ccccc2)c1. The van der Waals surface area contributed by atoms with Gasteiger partial charge in [-0.05, 0) is 65.2 Å². The van der Waals surface area contributed by atoms with Gasteiger partial charge in [-0.1, -0.05) is 111 Å². The van der Waals surface area contributed by atoms with Crippen molar-refractivity contribution in [2.75, 3.05) is 0 Å². The number of nitrogens with zero attached hydrogens (tertiary/aromatic N) is 3. The van der Waals surface area contributed by atoms with Gasteiger partial charge in [-0.2, -0.15) is 0 Å². The Morgan fingerprint density at radius 2 is 1.30 bits per heavy atom. The summed E-state index contributed by atoms with van der Waals surface area (Å²) in [5.41, 5.74) is 11.0. The first-order valence-electron chi connectivity index (χ1n) is 16.8. The van der Waals surface area contributed by atoms with Crippen molar-refractivity contribution in [3.63, 3.8) is 0 Å². The average Bonchev–Trinajstić information content (AvgIpc) is 3.74. The van der Waals surface area contributed by atoms with Gasteiger partial charge in [-0.25, -0.2) is 4.98 Å². The fourth-order valence-corrected chi connectivity index (χ4v) is 7.11. The molecule has 0 atom stereocenters. The molecule has 1 N–H and O–H groups in total. The Balaban J connectivity index is 1.30. The van der Waals surface area contributed by atoms with Crippen molar-refractivity contribution in [1.29, 1.82) is 0 Å². The Labute approximate surface area is 289 Å². The number of pyridine rings is 1. The molecule has 5 heteroatoms. The van der Waals surface area contributed by atoms with Gasteiger partial charge in [-0.15, -0.1) is 0 Å². The van der Waals surface area contributed by atoms with Gasteiger partial charge in [0.25, 0.3) is 0 Å². The third-order valence-electron chi connectivity index (χ3n) is 9.86. The summed E-state index contributed by atoms with van der Waals surface area (Å²) in [6.07, 6.45) is 1.92. The summed E-state index contributed by atoms with van der Waals surface area (Å²) >= 11 is 0. The van der Waals surface area contributed by atoms with Gasteiger partial charge in [0.2, 0.25) is 0 Å². The molecule has 3 heterocycles. The fraction of sp³-hybridized carbons (Fsp3) is 0.0667. The third kappa shape index (κ3) is 4.86. The second-order valence-corrected chi connectivity index (χ2v) is 13.3. The molecular formula is C45H33N3O2. The lowest BCUT2D eigenvalue weighted by Gasteiger charge is -2.27. The monoisotopic (exact) mass is 647 g/mol. The highest BCUT2D eigenvalue weighted by atomic mass is 16.3. The lowest BCUT2D eigenvalue weighted by Crippen LogP contribution is -2.19. The highest BCUT2D eigenvalue weighted by Gasteiger charge is 2.26. The van der Waals surface area contributed by atoms with Crippen LogP contribution in [0.2, 0.25) is 0 Å². The lowest BCUT2D eigenvalue weighted by atomic mass is 9.76. The first kappa shape index (κ1) is 29.7. The normalized spacial score (nSPS) is 11.9. The Bertz CT molecular complexity index is 2690. The molecule has 0 saturated heterocycles. The fourth-order valence-electron chi connectivity index (χ4n) is 7.11. The summed E-state index contributed by atoms with van der Waals surface area (Å²) < 4.78 is 8.42. The highest BCUT2D eigenvalue weighted by molar-refractivity contribution is 6.05. The molecule has 0 bridgehead atoms. The van der Waals surface area contributed by atoms with E-state index in [1.807, 2.05) is 60.8 Å². The number of imidazole rings is 1. The van der Waals surface area contributed by atoms with E-state index >= 15 is 0 Å². The van der Waals surface area contributed by atoms with E-state index in [0.717, 1.165) is 66.6 Å². The van der Waals surface area contributed by atoms with E-state index in [4.69, 9.17) is 14.4 Å². The molecule has 9 aromatic rings. The minimum absolute atomic E-state index is 0.183. The third-order valence-corrected chi connectivity index (χ3v) is 9.86. The molecule has 0 spiro atoms. The first-order valence-corrected chi connectivity index (χ1v) is 16.8. The van der Waals surface area contributed by atoms with E-state index in [1.165, 1.54) is 5.56 Å². The van der Waals surface area contributed by atoms with Crippen molar-refractivity contribution in [2.45, 2.75) is 19.3 Å². The smallest absolute Gasteiger partial charge is 0.149 e. The Kier molecular flexibility index (Phi) is 6.88. The summed E-state index contributed by atoms with van der Waals surface area (Å²) in [5, 5.41) is 13.1. The number of hydrogen-bond donors (Lipinski definition) is 1. The molecular weight excluding hydrogens is 615 g/mol. The summed E-state index contributed by atoms with van der Waals surface area (Å²) in [4.78, 5) is 10.3. The van der Waals surface area contributed by atoms with Gasteiger partial charge in [-0.3, -0.25) is 9.55 Å². The molecule has 3 aromatic heterocycles. The molecule has 6 aromatic carbocycles. The standard InChI is InChI=1S/C45H33N3O2/c1-45(2,31-14-5-3-6-15-31)32-25-29(24-30(26-32)38-27-42-37(28-46-38)35-18-10-12-23-41(35)50-42)34-20-13-21-39-43(34)47-44(36-19-9-11-22-40(36)49)48(39)33-16-7-4-8-17-33/h3-28,49H,1-2H3. The number of phenolic OH excluding ortho intramolecular Hbond substituents is 1. The minimum atomic E-state index is -0.312. The second kappa shape index (κ2) is 11.6. The predicted octanol–water partition coefficient (Wildman–Crippen LogP) is 11.4. The van der Waals surface area contributed by atoms with Crippen LogP contribution in [0.5, 0.6) is 5.75 Å². The van der Waals surface area contributed by atoms with Crippen LogP contribution in [0.4, 0.5) is 0 Å². The van der Waals surface area contributed by atoms with E-state index in [9.17, 15) is 5.11 Å². The first-order chi connectivity index (χ1) is 24.5. The summed E-state index contributed by atoms with van der Waals surface area (Å²) in [5.74, 6) is 0.859. The Hall–Kier alpha value is -6.46.